The molecular formula is C10H6N4O2S2. The molecule has 0 aromatic carbocycles. The first-order valence-corrected chi connectivity index (χ1v) is 6.45. The van der Waals surface area contributed by atoms with E-state index in [0.29, 0.717) is 5.03 Å². The number of hydrogen-bond acceptors (Lipinski definition) is 7. The maximum Gasteiger partial charge on any atom is 0.305 e. The number of aryl methyl sites for hydroxylation is 1. The summed E-state index contributed by atoms with van der Waals surface area (Å²) in [5.74, 6) is 0. The maximum absolute atomic E-state index is 10.7. The number of nitrogens with zero attached hydrogens (tertiary/aromatic N) is 4. The van der Waals surface area contributed by atoms with Gasteiger partial charge in [-0.1, -0.05) is 0 Å². The van der Waals surface area contributed by atoms with E-state index in [4.69, 9.17) is 5.26 Å². The maximum atomic E-state index is 10.7. The van der Waals surface area contributed by atoms with Crippen LogP contribution in [0.15, 0.2) is 26.9 Å². The van der Waals surface area contributed by atoms with E-state index in [1.165, 1.54) is 35.2 Å². The van der Waals surface area contributed by atoms with Gasteiger partial charge in [-0.05, 0) is 24.8 Å². The fourth-order valence-electron chi connectivity index (χ4n) is 1.19. The van der Waals surface area contributed by atoms with Crippen LogP contribution >= 0.6 is 23.1 Å². The second kappa shape index (κ2) is 5.12. The van der Waals surface area contributed by atoms with E-state index in [1.807, 2.05) is 12.3 Å². The summed E-state index contributed by atoms with van der Waals surface area (Å²) in [5, 5.41) is 21.9. The van der Waals surface area contributed by atoms with Gasteiger partial charge in [0.25, 0.3) is 0 Å². The number of pyridine rings is 1. The smallest absolute Gasteiger partial charge is 0.258 e. The predicted molar refractivity (Wildman–Crippen MR) is 66.6 cm³/mol. The summed E-state index contributed by atoms with van der Waals surface area (Å²) >= 11 is 2.74. The lowest BCUT2D eigenvalue weighted by atomic mass is 10.3. The van der Waals surface area contributed by atoms with Crippen molar-refractivity contribution < 1.29 is 4.92 Å². The lowest BCUT2D eigenvalue weighted by Gasteiger charge is -1.98. The first kappa shape index (κ1) is 12.5. The van der Waals surface area contributed by atoms with Gasteiger partial charge in [-0.25, -0.2) is 9.97 Å². The van der Waals surface area contributed by atoms with E-state index in [2.05, 4.69) is 9.97 Å². The molecule has 6 nitrogen and oxygen atoms in total. The summed E-state index contributed by atoms with van der Waals surface area (Å²) in [4.78, 5) is 18.2. The molecule has 0 saturated heterocycles. The lowest BCUT2D eigenvalue weighted by Crippen LogP contribution is -1.95. The minimum absolute atomic E-state index is 0.182. The Morgan fingerprint density at radius 2 is 2.28 bits per heavy atom. The minimum Gasteiger partial charge on any atom is -0.258 e. The molecule has 90 valence electrons. The molecule has 2 aromatic heterocycles. The number of aromatic nitrogens is 2. The predicted octanol–water partition coefficient (Wildman–Crippen LogP) is 2.78. The number of nitro groups is 1. The van der Waals surface area contributed by atoms with Crippen LogP contribution in [-0.2, 0) is 0 Å². The van der Waals surface area contributed by atoms with Crippen molar-refractivity contribution in [3.63, 3.8) is 0 Å². The van der Waals surface area contributed by atoms with Gasteiger partial charge in [-0.2, -0.15) is 5.26 Å². The van der Waals surface area contributed by atoms with Gasteiger partial charge in [-0.3, -0.25) is 10.1 Å². The number of hydrogen-bond donors (Lipinski definition) is 0. The zero-order chi connectivity index (χ0) is 13.1. The van der Waals surface area contributed by atoms with Gasteiger partial charge in [-0.15, -0.1) is 11.3 Å². The van der Waals surface area contributed by atoms with Gasteiger partial charge in [0, 0.05) is 17.1 Å². The third-order valence-electron chi connectivity index (χ3n) is 1.94. The van der Waals surface area contributed by atoms with Crippen LogP contribution in [-0.4, -0.2) is 14.9 Å². The summed E-state index contributed by atoms with van der Waals surface area (Å²) in [7, 11) is 0. The third kappa shape index (κ3) is 2.64. The summed E-state index contributed by atoms with van der Waals surface area (Å²) in [6.07, 6.45) is 0. The molecule has 0 fully saturated rings. The normalized spacial score (nSPS) is 10.0. The minimum atomic E-state index is -0.618. The molecule has 0 aliphatic rings. The highest BCUT2D eigenvalue weighted by Crippen LogP contribution is 2.30. The Bertz CT molecular complexity index is 648. The fraction of sp³-hybridized carbons (Fsp3) is 0.100. The molecule has 2 rings (SSSR count). The van der Waals surface area contributed by atoms with Crippen molar-refractivity contribution >= 4 is 28.8 Å². The van der Waals surface area contributed by atoms with Gasteiger partial charge in [0.15, 0.2) is 4.34 Å². The highest BCUT2D eigenvalue weighted by molar-refractivity contribution is 8.01. The first-order valence-electron chi connectivity index (χ1n) is 4.75. The highest BCUT2D eigenvalue weighted by atomic mass is 32.2. The molecule has 0 amide bonds. The topological polar surface area (TPSA) is 92.7 Å². The highest BCUT2D eigenvalue weighted by Gasteiger charge is 2.16. The average molecular weight is 278 g/mol. The Labute approximate surface area is 110 Å². The van der Waals surface area contributed by atoms with E-state index in [1.54, 1.807) is 6.07 Å². The molecule has 0 spiro atoms. The quantitative estimate of drug-likeness (QED) is 0.633. The average Bonchev–Trinajstić information content (AvgIpc) is 2.74. The number of thiazole rings is 1. The van der Waals surface area contributed by atoms with Crippen LogP contribution in [0.3, 0.4) is 0 Å². The van der Waals surface area contributed by atoms with E-state index in [0.717, 1.165) is 10.0 Å². The molecule has 0 radical (unpaired) electrons. The number of rotatable bonds is 3. The Balaban J connectivity index is 2.31. The van der Waals surface area contributed by atoms with Gasteiger partial charge in [0.05, 0.1) is 4.92 Å². The van der Waals surface area contributed by atoms with Crippen LogP contribution in [0.25, 0.3) is 0 Å². The van der Waals surface area contributed by atoms with E-state index in [9.17, 15) is 10.1 Å². The molecule has 0 unspecified atom stereocenters. The van der Waals surface area contributed by atoms with Crippen molar-refractivity contribution in [2.24, 2.45) is 0 Å². The zero-order valence-corrected chi connectivity index (χ0v) is 10.8. The van der Waals surface area contributed by atoms with Crippen molar-refractivity contribution in [2.45, 2.75) is 16.3 Å². The Morgan fingerprint density at radius 3 is 2.83 bits per heavy atom. The van der Waals surface area contributed by atoms with Gasteiger partial charge < -0.3 is 0 Å². The third-order valence-corrected chi connectivity index (χ3v) is 3.93. The van der Waals surface area contributed by atoms with Crippen molar-refractivity contribution in [1.29, 1.82) is 5.26 Å². The first-order chi connectivity index (χ1) is 8.60. The summed E-state index contributed by atoms with van der Waals surface area (Å²) < 4.78 is 0.790. The zero-order valence-electron chi connectivity index (χ0n) is 9.15. The van der Waals surface area contributed by atoms with Crippen molar-refractivity contribution in [3.8, 4) is 6.07 Å². The fourth-order valence-corrected chi connectivity index (χ4v) is 2.94. The van der Waals surface area contributed by atoms with Crippen LogP contribution < -0.4 is 0 Å². The van der Waals surface area contributed by atoms with Gasteiger partial charge in [0.2, 0.25) is 5.69 Å². The molecule has 18 heavy (non-hydrogen) atoms. The molecule has 8 heteroatoms. The molecule has 2 aromatic rings. The molecule has 0 saturated carbocycles. The Morgan fingerprint density at radius 1 is 1.50 bits per heavy atom. The van der Waals surface area contributed by atoms with E-state index >= 15 is 0 Å². The SMILES string of the molecule is Cc1csc(Sc2ccc([N+](=O)[O-])c(C#N)n2)n1. The largest absolute Gasteiger partial charge is 0.305 e. The van der Waals surface area contributed by atoms with Gasteiger partial charge in [0.1, 0.15) is 11.1 Å². The number of nitriles is 1. The molecule has 2 heterocycles. The Kier molecular flexibility index (Phi) is 3.55. The van der Waals surface area contributed by atoms with Gasteiger partial charge >= 0.3 is 5.69 Å². The standard InChI is InChI=1S/C10H6N4O2S2/c1-6-5-17-10(12-6)18-9-3-2-8(14(15)16)7(4-11)13-9/h2-3,5H,1H3. The summed E-state index contributed by atoms with van der Waals surface area (Å²) in [6.45, 7) is 1.88. The van der Waals surface area contributed by atoms with Crippen LogP contribution in [0.5, 0.6) is 0 Å². The van der Waals surface area contributed by atoms with E-state index < -0.39 is 4.92 Å². The van der Waals surface area contributed by atoms with Crippen molar-refractivity contribution in [2.75, 3.05) is 0 Å². The van der Waals surface area contributed by atoms with Crippen LogP contribution in [0.1, 0.15) is 11.4 Å². The molecule has 0 atom stereocenters. The molecule has 0 aliphatic carbocycles. The lowest BCUT2D eigenvalue weighted by molar-refractivity contribution is -0.385. The molecular weight excluding hydrogens is 272 g/mol. The molecule has 0 bridgehead atoms. The second-order valence-electron chi connectivity index (χ2n) is 3.24. The Hall–Kier alpha value is -1.98. The monoisotopic (exact) mass is 278 g/mol. The van der Waals surface area contributed by atoms with Crippen molar-refractivity contribution in [1.82, 2.24) is 9.97 Å². The molecule has 0 aliphatic heterocycles. The van der Waals surface area contributed by atoms with Crippen LogP contribution in [0.2, 0.25) is 0 Å². The second-order valence-corrected chi connectivity index (χ2v) is 5.37. The summed E-state index contributed by atoms with van der Waals surface area (Å²) in [5.41, 5.74) is 0.445. The van der Waals surface area contributed by atoms with E-state index in [-0.39, 0.29) is 11.4 Å². The van der Waals surface area contributed by atoms with Crippen LogP contribution in [0, 0.1) is 28.4 Å². The van der Waals surface area contributed by atoms with Crippen LogP contribution in [0.4, 0.5) is 5.69 Å². The van der Waals surface area contributed by atoms with Crippen molar-refractivity contribution in [3.05, 3.63) is 39.0 Å². The molecule has 0 N–H and O–H groups in total. The summed E-state index contributed by atoms with van der Waals surface area (Å²) in [6, 6.07) is 4.53.